The Balaban J connectivity index is 1.35. The molecule has 3 aromatic rings. The molecule has 1 aliphatic rings. The van der Waals surface area contributed by atoms with E-state index in [0.29, 0.717) is 11.6 Å². The van der Waals surface area contributed by atoms with Crippen molar-refractivity contribution in [3.8, 4) is 0 Å². The van der Waals surface area contributed by atoms with Gasteiger partial charge < -0.3 is 9.80 Å². The van der Waals surface area contributed by atoms with Crippen molar-refractivity contribution in [2.45, 2.75) is 25.8 Å². The minimum atomic E-state index is 0.0446. The van der Waals surface area contributed by atoms with Gasteiger partial charge in [-0.1, -0.05) is 60.7 Å². The van der Waals surface area contributed by atoms with Gasteiger partial charge >= 0.3 is 0 Å². The highest BCUT2D eigenvalue weighted by Gasteiger charge is 2.24. The lowest BCUT2D eigenvalue weighted by molar-refractivity contribution is 0.0684. The number of likely N-dealkylation sites (tertiary alicyclic amines) is 1. The number of carbonyl (C=O) groups is 1. The second-order valence-corrected chi connectivity index (χ2v) is 8.17. The average molecular weight is 400 g/mol. The summed E-state index contributed by atoms with van der Waals surface area (Å²) in [6.45, 7) is 2.41. The minimum Gasteiger partial charge on any atom is -0.370 e. The van der Waals surface area contributed by atoms with Gasteiger partial charge in [-0.2, -0.15) is 0 Å². The highest BCUT2D eigenvalue weighted by molar-refractivity contribution is 5.93. The smallest absolute Gasteiger partial charge is 0.272 e. The fraction of sp³-hybridized carbons (Fsp3) is 0.308. The zero-order valence-electron chi connectivity index (χ0n) is 17.6. The molecule has 0 spiro atoms. The number of benzene rings is 2. The topological polar surface area (TPSA) is 36.4 Å². The Bertz CT molecular complexity index is 950. The summed E-state index contributed by atoms with van der Waals surface area (Å²) in [5.41, 5.74) is 4.17. The van der Waals surface area contributed by atoms with Gasteiger partial charge in [-0.3, -0.25) is 9.78 Å². The molecule has 0 N–H and O–H groups in total. The fourth-order valence-electron chi connectivity index (χ4n) is 4.17. The minimum absolute atomic E-state index is 0.0446. The fourth-order valence-corrected chi connectivity index (χ4v) is 4.17. The number of aromatic nitrogens is 1. The van der Waals surface area contributed by atoms with Crippen molar-refractivity contribution in [2.75, 3.05) is 25.0 Å². The van der Waals surface area contributed by atoms with Crippen LogP contribution in [0.5, 0.6) is 0 Å². The summed E-state index contributed by atoms with van der Waals surface area (Å²) in [6.07, 6.45) is 4.94. The van der Waals surface area contributed by atoms with Crippen LogP contribution in [-0.2, 0) is 13.0 Å². The highest BCUT2D eigenvalue weighted by atomic mass is 16.2. The zero-order chi connectivity index (χ0) is 20.8. The first-order valence-corrected chi connectivity index (χ1v) is 10.7. The van der Waals surface area contributed by atoms with Crippen LogP contribution in [0, 0.1) is 5.92 Å². The van der Waals surface area contributed by atoms with Gasteiger partial charge in [-0.05, 0) is 48.4 Å². The van der Waals surface area contributed by atoms with Gasteiger partial charge in [0.25, 0.3) is 5.91 Å². The summed E-state index contributed by atoms with van der Waals surface area (Å²) >= 11 is 0. The monoisotopic (exact) mass is 399 g/mol. The molecule has 1 aromatic heterocycles. The third-order valence-corrected chi connectivity index (χ3v) is 5.93. The van der Waals surface area contributed by atoms with Crippen molar-refractivity contribution in [1.82, 2.24) is 9.88 Å². The van der Waals surface area contributed by atoms with Crippen molar-refractivity contribution in [2.24, 2.45) is 5.92 Å². The number of amides is 1. The van der Waals surface area contributed by atoms with Crippen LogP contribution in [0.3, 0.4) is 0 Å². The first kappa shape index (κ1) is 20.1. The molecule has 4 nitrogen and oxygen atoms in total. The van der Waals surface area contributed by atoms with Crippen molar-refractivity contribution in [3.05, 3.63) is 95.8 Å². The number of piperidine rings is 1. The van der Waals surface area contributed by atoms with Crippen LogP contribution < -0.4 is 4.90 Å². The van der Waals surface area contributed by atoms with E-state index in [4.69, 9.17) is 0 Å². The molecule has 0 bridgehead atoms. The van der Waals surface area contributed by atoms with Crippen LogP contribution >= 0.6 is 0 Å². The molecule has 1 aliphatic heterocycles. The molecule has 4 rings (SSSR count). The molecule has 0 saturated carbocycles. The van der Waals surface area contributed by atoms with E-state index in [9.17, 15) is 4.79 Å². The normalized spacial score (nSPS) is 14.5. The van der Waals surface area contributed by atoms with E-state index in [1.807, 2.05) is 42.3 Å². The third-order valence-electron chi connectivity index (χ3n) is 5.93. The molecule has 0 unspecified atom stereocenters. The molecule has 0 atom stereocenters. The van der Waals surface area contributed by atoms with Crippen LogP contribution in [-0.4, -0.2) is 35.9 Å². The number of anilines is 1. The maximum atomic E-state index is 13.0. The van der Waals surface area contributed by atoms with Crippen LogP contribution in [0.4, 0.5) is 5.69 Å². The van der Waals surface area contributed by atoms with E-state index in [0.717, 1.165) is 44.6 Å². The number of carbonyl (C=O) groups excluding carboxylic acids is 1. The van der Waals surface area contributed by atoms with E-state index < -0.39 is 0 Å². The Morgan fingerprint density at radius 2 is 1.60 bits per heavy atom. The van der Waals surface area contributed by atoms with Crippen molar-refractivity contribution in [3.63, 3.8) is 0 Å². The maximum Gasteiger partial charge on any atom is 0.272 e. The third kappa shape index (κ3) is 5.07. The summed E-state index contributed by atoms with van der Waals surface area (Å²) in [4.78, 5) is 21.5. The van der Waals surface area contributed by atoms with Gasteiger partial charge in [0.15, 0.2) is 0 Å². The first-order chi connectivity index (χ1) is 14.7. The molecule has 1 saturated heterocycles. The molecular formula is C26H29N3O. The Kier molecular flexibility index (Phi) is 6.43. The van der Waals surface area contributed by atoms with E-state index in [-0.39, 0.29) is 5.91 Å². The molecular weight excluding hydrogens is 370 g/mol. The van der Waals surface area contributed by atoms with Crippen LogP contribution in [0.2, 0.25) is 0 Å². The number of pyridine rings is 1. The predicted molar refractivity (Wildman–Crippen MR) is 122 cm³/mol. The number of nitrogens with zero attached hydrogens (tertiary/aromatic N) is 3. The van der Waals surface area contributed by atoms with Gasteiger partial charge in [0.1, 0.15) is 5.69 Å². The van der Waals surface area contributed by atoms with E-state index in [1.54, 1.807) is 6.20 Å². The summed E-state index contributed by atoms with van der Waals surface area (Å²) in [6, 6.07) is 24.9. The lowest BCUT2D eigenvalue weighted by Crippen LogP contribution is -2.39. The van der Waals surface area contributed by atoms with Gasteiger partial charge in [-0.25, -0.2) is 0 Å². The summed E-state index contributed by atoms with van der Waals surface area (Å²) in [7, 11) is 2.05. The Morgan fingerprint density at radius 3 is 2.27 bits per heavy atom. The second kappa shape index (κ2) is 9.57. The van der Waals surface area contributed by atoms with Crippen LogP contribution in [0.25, 0.3) is 0 Å². The van der Waals surface area contributed by atoms with Crippen molar-refractivity contribution >= 4 is 11.6 Å². The molecule has 4 heteroatoms. The number of rotatable bonds is 6. The Hall–Kier alpha value is -3.14. The van der Waals surface area contributed by atoms with Gasteiger partial charge in [0.2, 0.25) is 0 Å². The van der Waals surface area contributed by atoms with Gasteiger partial charge in [0, 0.05) is 38.6 Å². The molecule has 1 fully saturated rings. The predicted octanol–water partition coefficient (Wildman–Crippen LogP) is 4.81. The molecule has 0 aliphatic carbocycles. The average Bonchev–Trinajstić information content (AvgIpc) is 2.80. The number of hydrogen-bond acceptors (Lipinski definition) is 3. The van der Waals surface area contributed by atoms with E-state index >= 15 is 0 Å². The van der Waals surface area contributed by atoms with Gasteiger partial charge in [0.05, 0.1) is 0 Å². The van der Waals surface area contributed by atoms with E-state index in [1.165, 1.54) is 11.1 Å². The van der Waals surface area contributed by atoms with Gasteiger partial charge in [-0.15, -0.1) is 0 Å². The summed E-state index contributed by atoms with van der Waals surface area (Å²) in [5, 5.41) is 0. The SMILES string of the molecule is CN(Cc1ccccc1)c1ccnc(C(=O)N2CCC(Cc3ccccc3)CC2)c1. The zero-order valence-corrected chi connectivity index (χ0v) is 17.6. The maximum absolute atomic E-state index is 13.0. The molecule has 154 valence electrons. The van der Waals surface area contributed by atoms with Crippen molar-refractivity contribution < 1.29 is 4.79 Å². The van der Waals surface area contributed by atoms with Crippen LogP contribution in [0.15, 0.2) is 79.0 Å². The van der Waals surface area contributed by atoms with Crippen molar-refractivity contribution in [1.29, 1.82) is 0 Å². The largest absolute Gasteiger partial charge is 0.370 e. The highest BCUT2D eigenvalue weighted by Crippen LogP contribution is 2.23. The lowest BCUT2D eigenvalue weighted by atomic mass is 9.90. The summed E-state index contributed by atoms with van der Waals surface area (Å²) < 4.78 is 0. The molecule has 0 radical (unpaired) electrons. The number of hydrogen-bond donors (Lipinski definition) is 0. The van der Waals surface area contributed by atoms with E-state index in [2.05, 4.69) is 52.3 Å². The van der Waals surface area contributed by atoms with Crippen LogP contribution in [0.1, 0.15) is 34.5 Å². The molecule has 2 heterocycles. The standard InChI is InChI=1S/C26H29N3O/c1-28(20-23-10-6-3-7-11-23)24-12-15-27-25(19-24)26(30)29-16-13-22(14-17-29)18-21-8-4-2-5-9-21/h2-12,15,19,22H,13-14,16-18,20H2,1H3. The molecule has 1 amide bonds. The molecule has 30 heavy (non-hydrogen) atoms. The quantitative estimate of drug-likeness (QED) is 0.597. The first-order valence-electron chi connectivity index (χ1n) is 10.7. The Labute approximate surface area is 179 Å². The molecule has 2 aromatic carbocycles. The Morgan fingerprint density at radius 1 is 0.967 bits per heavy atom. The lowest BCUT2D eigenvalue weighted by Gasteiger charge is -2.32. The summed E-state index contributed by atoms with van der Waals surface area (Å²) in [5.74, 6) is 0.691. The second-order valence-electron chi connectivity index (χ2n) is 8.17.